The summed E-state index contributed by atoms with van der Waals surface area (Å²) in [4.78, 5) is 20.6. The number of nitrogens with zero attached hydrogens (tertiary/aromatic N) is 3. The highest BCUT2D eigenvalue weighted by molar-refractivity contribution is 5.96. The molecule has 36 heavy (non-hydrogen) atoms. The molecule has 0 N–H and O–H groups in total. The zero-order valence-electron chi connectivity index (χ0n) is 21.4. The van der Waals surface area contributed by atoms with Crippen LogP contribution in [0.5, 0.6) is 0 Å². The highest BCUT2D eigenvalue weighted by Crippen LogP contribution is 2.20. The fourth-order valence-electron chi connectivity index (χ4n) is 5.52. The zero-order valence-corrected chi connectivity index (χ0v) is 21.4. The molecule has 3 aromatic rings. The van der Waals surface area contributed by atoms with Gasteiger partial charge in [-0.3, -0.25) is 9.69 Å². The van der Waals surface area contributed by atoms with E-state index in [0.29, 0.717) is 6.42 Å². The van der Waals surface area contributed by atoms with Gasteiger partial charge in [-0.2, -0.15) is 0 Å². The summed E-state index contributed by atoms with van der Waals surface area (Å²) in [5, 5.41) is 0. The lowest BCUT2D eigenvalue weighted by Crippen LogP contribution is -2.46. The monoisotopic (exact) mass is 481 g/mol. The van der Waals surface area contributed by atoms with Crippen LogP contribution in [0.15, 0.2) is 78.9 Å². The molecule has 2 aliphatic rings. The molecular weight excluding hydrogens is 442 g/mol. The van der Waals surface area contributed by atoms with E-state index >= 15 is 0 Å². The van der Waals surface area contributed by atoms with Crippen LogP contribution in [0.2, 0.25) is 0 Å². The Balaban J connectivity index is 1.07. The van der Waals surface area contributed by atoms with E-state index in [1.165, 1.54) is 22.3 Å². The Labute approximate surface area is 216 Å². The van der Waals surface area contributed by atoms with Crippen LogP contribution in [0, 0.1) is 0 Å². The molecule has 0 amide bonds. The van der Waals surface area contributed by atoms with Gasteiger partial charge in [0.1, 0.15) is 0 Å². The molecule has 4 nitrogen and oxygen atoms in total. The molecule has 188 valence electrons. The number of ketones is 1. The summed E-state index contributed by atoms with van der Waals surface area (Å²) in [7, 11) is 0. The van der Waals surface area contributed by atoms with E-state index < -0.39 is 0 Å². The number of carbonyl (C=O) groups excluding carboxylic acids is 1. The molecule has 0 aromatic heterocycles. The van der Waals surface area contributed by atoms with Gasteiger partial charge in [0.15, 0.2) is 5.78 Å². The van der Waals surface area contributed by atoms with Crippen molar-refractivity contribution in [1.29, 1.82) is 0 Å². The normalized spacial score (nSPS) is 17.4. The van der Waals surface area contributed by atoms with Gasteiger partial charge in [0.05, 0.1) is 0 Å². The third kappa shape index (κ3) is 6.91. The smallest absolute Gasteiger partial charge is 0.164 e. The predicted octanol–water partition coefficient (Wildman–Crippen LogP) is 4.72. The van der Waals surface area contributed by atoms with Crippen molar-refractivity contribution >= 4 is 5.78 Å². The summed E-state index contributed by atoms with van der Waals surface area (Å²) in [6.45, 7) is 9.39. The minimum absolute atomic E-state index is 0.287. The SMILES string of the molecule is O=C(CCN1CCN(Cc2ccccc2)CC1)c1ccc2c(c1)CCN(CCc1ccccc1)CC2. The Morgan fingerprint density at radius 2 is 1.22 bits per heavy atom. The number of Topliss-reactive ketones (excluding diaryl/α,β-unsaturated/α-hetero) is 1. The van der Waals surface area contributed by atoms with Crippen molar-refractivity contribution in [3.05, 3.63) is 107 Å². The maximum Gasteiger partial charge on any atom is 0.164 e. The molecule has 1 saturated heterocycles. The molecule has 2 heterocycles. The Morgan fingerprint density at radius 3 is 1.94 bits per heavy atom. The Bertz CT molecular complexity index is 1110. The largest absolute Gasteiger partial charge is 0.302 e. The molecule has 0 saturated carbocycles. The standard InChI is InChI=1S/C32H39N3O/c36-32(16-20-34-21-23-35(24-22-34)26-28-9-5-2-6-10-28)31-12-11-29-14-18-33(19-15-30(29)25-31)17-13-27-7-3-1-4-8-27/h1-12,25H,13-24,26H2. The molecule has 0 atom stereocenters. The third-order valence-electron chi connectivity index (χ3n) is 7.85. The summed E-state index contributed by atoms with van der Waals surface area (Å²) in [5.74, 6) is 0.287. The molecule has 4 heteroatoms. The first-order valence-corrected chi connectivity index (χ1v) is 13.6. The van der Waals surface area contributed by atoms with Crippen LogP contribution < -0.4 is 0 Å². The Morgan fingerprint density at radius 1 is 0.611 bits per heavy atom. The number of piperazine rings is 1. The lowest BCUT2D eigenvalue weighted by atomic mass is 9.97. The van der Waals surface area contributed by atoms with E-state index in [2.05, 4.69) is 93.6 Å². The molecular formula is C32H39N3O. The molecule has 2 aliphatic heterocycles. The van der Waals surface area contributed by atoms with Crippen molar-refractivity contribution < 1.29 is 4.79 Å². The van der Waals surface area contributed by atoms with Crippen molar-refractivity contribution in [2.24, 2.45) is 0 Å². The van der Waals surface area contributed by atoms with Gasteiger partial charge in [-0.25, -0.2) is 0 Å². The van der Waals surface area contributed by atoms with E-state index in [0.717, 1.165) is 83.7 Å². The van der Waals surface area contributed by atoms with Crippen molar-refractivity contribution in [3.63, 3.8) is 0 Å². The van der Waals surface area contributed by atoms with Gasteiger partial charge in [0, 0.05) is 70.9 Å². The zero-order chi connectivity index (χ0) is 24.6. The van der Waals surface area contributed by atoms with E-state index in [9.17, 15) is 4.79 Å². The van der Waals surface area contributed by atoms with Crippen LogP contribution >= 0.6 is 0 Å². The Kier molecular flexibility index (Phi) is 8.60. The average Bonchev–Trinajstić information content (AvgIpc) is 3.14. The van der Waals surface area contributed by atoms with Crippen LogP contribution in [0.1, 0.15) is 39.0 Å². The second-order valence-electron chi connectivity index (χ2n) is 10.3. The second kappa shape index (κ2) is 12.4. The molecule has 3 aromatic carbocycles. The molecule has 1 fully saturated rings. The van der Waals surface area contributed by atoms with Gasteiger partial charge < -0.3 is 9.80 Å². The topological polar surface area (TPSA) is 26.8 Å². The van der Waals surface area contributed by atoms with Gasteiger partial charge in [0.25, 0.3) is 0 Å². The average molecular weight is 482 g/mol. The number of hydrogen-bond acceptors (Lipinski definition) is 4. The fourth-order valence-corrected chi connectivity index (χ4v) is 5.52. The van der Waals surface area contributed by atoms with E-state index in [-0.39, 0.29) is 5.78 Å². The summed E-state index contributed by atoms with van der Waals surface area (Å²) in [5.41, 5.74) is 6.48. The number of rotatable bonds is 9. The first-order valence-electron chi connectivity index (χ1n) is 13.6. The highest BCUT2D eigenvalue weighted by Gasteiger charge is 2.19. The lowest BCUT2D eigenvalue weighted by Gasteiger charge is -2.34. The maximum atomic E-state index is 13.0. The summed E-state index contributed by atoms with van der Waals surface area (Å²) in [6.07, 6.45) is 3.82. The first kappa shape index (κ1) is 24.9. The van der Waals surface area contributed by atoms with Crippen molar-refractivity contribution in [1.82, 2.24) is 14.7 Å². The van der Waals surface area contributed by atoms with E-state index in [4.69, 9.17) is 0 Å². The minimum Gasteiger partial charge on any atom is -0.302 e. The van der Waals surface area contributed by atoms with Crippen LogP contribution in [0.3, 0.4) is 0 Å². The van der Waals surface area contributed by atoms with Crippen LogP contribution in [0.25, 0.3) is 0 Å². The summed E-state index contributed by atoms with van der Waals surface area (Å²) in [6, 6.07) is 27.9. The van der Waals surface area contributed by atoms with Crippen molar-refractivity contribution in [3.8, 4) is 0 Å². The van der Waals surface area contributed by atoms with Crippen LogP contribution in [-0.2, 0) is 25.8 Å². The van der Waals surface area contributed by atoms with Gasteiger partial charge in [-0.05, 0) is 47.6 Å². The van der Waals surface area contributed by atoms with Crippen LogP contribution in [0.4, 0.5) is 0 Å². The van der Waals surface area contributed by atoms with E-state index in [1.54, 1.807) is 0 Å². The van der Waals surface area contributed by atoms with Gasteiger partial charge in [-0.1, -0.05) is 72.8 Å². The quantitative estimate of drug-likeness (QED) is 0.413. The van der Waals surface area contributed by atoms with Crippen LogP contribution in [-0.4, -0.2) is 72.8 Å². The molecule has 0 aliphatic carbocycles. The number of benzene rings is 3. The maximum absolute atomic E-state index is 13.0. The van der Waals surface area contributed by atoms with Gasteiger partial charge >= 0.3 is 0 Å². The predicted molar refractivity (Wildman–Crippen MR) is 148 cm³/mol. The van der Waals surface area contributed by atoms with Crippen molar-refractivity contribution in [2.75, 3.05) is 52.4 Å². The highest BCUT2D eigenvalue weighted by atomic mass is 16.1. The number of carbonyl (C=O) groups is 1. The number of fused-ring (bicyclic) bond motifs is 1. The minimum atomic E-state index is 0.287. The molecule has 0 radical (unpaired) electrons. The first-order chi connectivity index (χ1) is 17.7. The summed E-state index contributed by atoms with van der Waals surface area (Å²) >= 11 is 0. The lowest BCUT2D eigenvalue weighted by molar-refractivity contribution is 0.0922. The second-order valence-corrected chi connectivity index (χ2v) is 10.3. The molecule has 5 rings (SSSR count). The number of hydrogen-bond donors (Lipinski definition) is 0. The molecule has 0 unspecified atom stereocenters. The Hall–Kier alpha value is -2.79. The van der Waals surface area contributed by atoms with Crippen molar-refractivity contribution in [2.45, 2.75) is 32.2 Å². The van der Waals surface area contributed by atoms with Gasteiger partial charge in [0.2, 0.25) is 0 Å². The summed E-state index contributed by atoms with van der Waals surface area (Å²) < 4.78 is 0. The molecule has 0 bridgehead atoms. The third-order valence-corrected chi connectivity index (χ3v) is 7.85. The van der Waals surface area contributed by atoms with E-state index in [1.807, 2.05) is 0 Å². The molecule has 0 spiro atoms. The van der Waals surface area contributed by atoms with Gasteiger partial charge in [-0.15, -0.1) is 0 Å². The fraction of sp³-hybridized carbons (Fsp3) is 0.406.